The molecule has 0 saturated heterocycles. The van der Waals surface area contributed by atoms with Crippen molar-refractivity contribution in [3.63, 3.8) is 0 Å². The summed E-state index contributed by atoms with van der Waals surface area (Å²) in [5.41, 5.74) is 3.21. The van der Waals surface area contributed by atoms with Crippen LogP contribution >= 0.6 is 0 Å². The zero-order valence-corrected chi connectivity index (χ0v) is 12.3. The molecule has 0 spiro atoms. The van der Waals surface area contributed by atoms with E-state index in [1.807, 2.05) is 0 Å². The van der Waals surface area contributed by atoms with Crippen molar-refractivity contribution in [2.24, 2.45) is 11.8 Å². The predicted molar refractivity (Wildman–Crippen MR) is 79.0 cm³/mol. The minimum absolute atomic E-state index is 0.268. The van der Waals surface area contributed by atoms with Crippen LogP contribution in [0.15, 0.2) is 24.3 Å². The number of nitrogens with one attached hydrogen (secondary N) is 1. The quantitative estimate of drug-likeness (QED) is 0.851. The molecule has 1 heteroatoms. The Morgan fingerprint density at radius 1 is 1.06 bits per heavy atom. The molecular weight excluding hydrogens is 218 g/mol. The van der Waals surface area contributed by atoms with E-state index in [4.69, 9.17) is 0 Å². The molecule has 1 aromatic carbocycles. The van der Waals surface area contributed by atoms with E-state index in [1.54, 1.807) is 0 Å². The molecule has 18 heavy (non-hydrogen) atoms. The first kappa shape index (κ1) is 13.6. The summed E-state index contributed by atoms with van der Waals surface area (Å²) in [4.78, 5) is 0. The van der Waals surface area contributed by atoms with Crippen molar-refractivity contribution in [3.8, 4) is 0 Å². The van der Waals surface area contributed by atoms with Crippen molar-refractivity contribution in [2.75, 3.05) is 13.6 Å². The van der Waals surface area contributed by atoms with Gasteiger partial charge in [0, 0.05) is 0 Å². The third kappa shape index (κ3) is 3.14. The van der Waals surface area contributed by atoms with E-state index < -0.39 is 0 Å². The Hall–Kier alpha value is -0.820. The van der Waals surface area contributed by atoms with Crippen LogP contribution in [0, 0.1) is 11.8 Å². The van der Waals surface area contributed by atoms with Gasteiger partial charge < -0.3 is 5.32 Å². The highest BCUT2D eigenvalue weighted by Crippen LogP contribution is 2.36. The highest BCUT2D eigenvalue weighted by atomic mass is 14.8. The van der Waals surface area contributed by atoms with E-state index in [0.29, 0.717) is 0 Å². The molecule has 2 unspecified atom stereocenters. The molecule has 1 fully saturated rings. The van der Waals surface area contributed by atoms with Gasteiger partial charge in [0.2, 0.25) is 0 Å². The maximum Gasteiger partial charge on any atom is -0.00208 e. The number of hydrogen-bond acceptors (Lipinski definition) is 1. The van der Waals surface area contributed by atoms with Gasteiger partial charge in [-0.05, 0) is 61.2 Å². The van der Waals surface area contributed by atoms with Crippen LogP contribution in [0.1, 0.15) is 44.7 Å². The fraction of sp³-hybridized carbons (Fsp3) is 0.647. The molecule has 0 bridgehead atoms. The normalized spacial score (nSPS) is 23.8. The summed E-state index contributed by atoms with van der Waals surface area (Å²) < 4.78 is 0. The van der Waals surface area contributed by atoms with E-state index >= 15 is 0 Å². The standard InChI is InChI=1S/C17H27N/c1-17(2,3)16-9-5-13(6-10-16)11-14-7-8-15(14)12-18-4/h5-6,9-10,14-15,18H,7-8,11-12H2,1-4H3. The zero-order chi connectivity index (χ0) is 13.2. The molecule has 1 nitrogen and oxygen atoms in total. The molecule has 0 radical (unpaired) electrons. The van der Waals surface area contributed by atoms with Gasteiger partial charge in [-0.3, -0.25) is 0 Å². The van der Waals surface area contributed by atoms with E-state index in [9.17, 15) is 0 Å². The van der Waals surface area contributed by atoms with Crippen LogP contribution in [-0.4, -0.2) is 13.6 Å². The molecule has 2 atom stereocenters. The number of hydrogen-bond donors (Lipinski definition) is 1. The van der Waals surface area contributed by atoms with Gasteiger partial charge in [-0.2, -0.15) is 0 Å². The summed E-state index contributed by atoms with van der Waals surface area (Å²) in [5.74, 6) is 1.80. The van der Waals surface area contributed by atoms with Crippen LogP contribution in [0.25, 0.3) is 0 Å². The molecule has 100 valence electrons. The van der Waals surface area contributed by atoms with Crippen molar-refractivity contribution in [2.45, 2.75) is 45.4 Å². The predicted octanol–water partition coefficient (Wildman–Crippen LogP) is 3.77. The maximum atomic E-state index is 3.31. The molecule has 1 saturated carbocycles. The molecule has 1 aliphatic carbocycles. The van der Waals surface area contributed by atoms with Crippen molar-refractivity contribution >= 4 is 0 Å². The maximum absolute atomic E-state index is 3.31. The Labute approximate surface area is 112 Å². The second-order valence-electron chi connectivity index (χ2n) is 6.81. The lowest BCUT2D eigenvalue weighted by molar-refractivity contribution is 0.174. The third-order valence-corrected chi connectivity index (χ3v) is 4.36. The molecule has 1 N–H and O–H groups in total. The van der Waals surface area contributed by atoms with E-state index in [2.05, 4.69) is 57.4 Å². The monoisotopic (exact) mass is 245 g/mol. The van der Waals surface area contributed by atoms with Gasteiger partial charge >= 0.3 is 0 Å². The first-order valence-electron chi connectivity index (χ1n) is 7.24. The summed E-state index contributed by atoms with van der Waals surface area (Å²) in [6.07, 6.45) is 4.08. The average Bonchev–Trinajstić information content (AvgIpc) is 2.31. The fourth-order valence-electron chi connectivity index (χ4n) is 2.88. The Bertz CT molecular complexity index is 372. The molecule has 1 aliphatic rings. The summed E-state index contributed by atoms with van der Waals surface area (Å²) in [7, 11) is 2.06. The van der Waals surface area contributed by atoms with Crippen molar-refractivity contribution in [1.82, 2.24) is 5.32 Å². The highest BCUT2D eigenvalue weighted by Gasteiger charge is 2.29. The van der Waals surface area contributed by atoms with Gasteiger partial charge in [-0.15, -0.1) is 0 Å². The van der Waals surface area contributed by atoms with Crippen molar-refractivity contribution in [1.29, 1.82) is 0 Å². The van der Waals surface area contributed by atoms with Crippen molar-refractivity contribution < 1.29 is 0 Å². The zero-order valence-electron chi connectivity index (χ0n) is 12.3. The average molecular weight is 245 g/mol. The van der Waals surface area contributed by atoms with Crippen LogP contribution in [0.2, 0.25) is 0 Å². The van der Waals surface area contributed by atoms with Gasteiger partial charge in [0.25, 0.3) is 0 Å². The number of rotatable bonds is 4. The molecule has 0 aliphatic heterocycles. The van der Waals surface area contributed by atoms with Gasteiger partial charge in [-0.1, -0.05) is 45.0 Å². The second kappa shape index (κ2) is 5.44. The molecule has 0 amide bonds. The molecule has 0 aromatic heterocycles. The molecule has 0 heterocycles. The summed E-state index contributed by atoms with van der Waals surface area (Å²) in [5, 5.41) is 3.31. The Morgan fingerprint density at radius 3 is 2.11 bits per heavy atom. The minimum Gasteiger partial charge on any atom is -0.319 e. The van der Waals surface area contributed by atoms with Crippen LogP contribution in [-0.2, 0) is 11.8 Å². The molecule has 2 rings (SSSR count). The van der Waals surface area contributed by atoms with Crippen LogP contribution in [0.4, 0.5) is 0 Å². The summed E-state index contributed by atoms with van der Waals surface area (Å²) in [6.45, 7) is 8.01. The van der Waals surface area contributed by atoms with Gasteiger partial charge in [-0.25, -0.2) is 0 Å². The lowest BCUT2D eigenvalue weighted by atomic mass is 9.70. The lowest BCUT2D eigenvalue weighted by Crippen LogP contribution is -2.35. The van der Waals surface area contributed by atoms with Gasteiger partial charge in [0.15, 0.2) is 0 Å². The molecule has 1 aromatic rings. The van der Waals surface area contributed by atoms with E-state index in [0.717, 1.165) is 11.8 Å². The smallest absolute Gasteiger partial charge is 0.00208 e. The van der Waals surface area contributed by atoms with Gasteiger partial charge in [0.05, 0.1) is 0 Å². The van der Waals surface area contributed by atoms with E-state index in [-0.39, 0.29) is 5.41 Å². The lowest BCUT2D eigenvalue weighted by Gasteiger charge is -2.37. The molecular formula is C17H27N. The van der Waals surface area contributed by atoms with Crippen LogP contribution in [0.5, 0.6) is 0 Å². The second-order valence-corrected chi connectivity index (χ2v) is 6.81. The Kier molecular flexibility index (Phi) is 4.11. The topological polar surface area (TPSA) is 12.0 Å². The summed E-state index contributed by atoms with van der Waals surface area (Å²) >= 11 is 0. The third-order valence-electron chi connectivity index (χ3n) is 4.36. The Balaban J connectivity index is 1.95. The largest absolute Gasteiger partial charge is 0.319 e. The van der Waals surface area contributed by atoms with E-state index in [1.165, 1.54) is 36.9 Å². The summed E-state index contributed by atoms with van der Waals surface area (Å²) in [6, 6.07) is 9.27. The first-order chi connectivity index (χ1) is 8.50. The number of benzene rings is 1. The highest BCUT2D eigenvalue weighted by molar-refractivity contribution is 5.28. The van der Waals surface area contributed by atoms with Crippen LogP contribution < -0.4 is 5.32 Å². The Morgan fingerprint density at radius 2 is 1.67 bits per heavy atom. The minimum atomic E-state index is 0.268. The van der Waals surface area contributed by atoms with Crippen molar-refractivity contribution in [3.05, 3.63) is 35.4 Å². The SMILES string of the molecule is CNCC1CCC1Cc1ccc(C(C)(C)C)cc1. The fourth-order valence-corrected chi connectivity index (χ4v) is 2.88. The first-order valence-corrected chi connectivity index (χ1v) is 7.24. The van der Waals surface area contributed by atoms with Crippen LogP contribution in [0.3, 0.4) is 0 Å². The van der Waals surface area contributed by atoms with Gasteiger partial charge in [0.1, 0.15) is 0 Å².